The Morgan fingerprint density at radius 3 is 3.05 bits per heavy atom. The van der Waals surface area contributed by atoms with E-state index in [1.807, 2.05) is 29.8 Å². The van der Waals surface area contributed by atoms with Gasteiger partial charge in [-0.1, -0.05) is 18.0 Å². The van der Waals surface area contributed by atoms with Gasteiger partial charge in [0.15, 0.2) is 5.96 Å². The number of imidazole rings is 1. The molecule has 0 radical (unpaired) electrons. The molecule has 1 fully saturated rings. The van der Waals surface area contributed by atoms with Gasteiger partial charge in [-0.3, -0.25) is 0 Å². The first-order valence-corrected chi connectivity index (χ1v) is 7.66. The smallest absolute Gasteiger partial charge is 0.189 e. The van der Waals surface area contributed by atoms with Crippen molar-refractivity contribution in [2.24, 2.45) is 23.7 Å². The number of rotatable bonds is 4. The monoisotopic (exact) mass is 305 g/mol. The van der Waals surface area contributed by atoms with E-state index in [1.54, 1.807) is 0 Å². The Labute approximate surface area is 129 Å². The van der Waals surface area contributed by atoms with E-state index >= 15 is 0 Å². The van der Waals surface area contributed by atoms with E-state index in [9.17, 15) is 0 Å². The van der Waals surface area contributed by atoms with Crippen molar-refractivity contribution in [3.05, 3.63) is 29.0 Å². The molecule has 3 rings (SSSR count). The van der Waals surface area contributed by atoms with Gasteiger partial charge in [0.1, 0.15) is 12.4 Å². The molecule has 0 atom stereocenters. The topological polar surface area (TPSA) is 68.2 Å². The number of fused-ring (bicyclic) bond motifs is 1. The number of halogens is 1. The lowest BCUT2D eigenvalue weighted by Crippen LogP contribution is -2.37. The Kier molecular flexibility index (Phi) is 4.01. The Morgan fingerprint density at radius 2 is 2.33 bits per heavy atom. The molecule has 5 nitrogen and oxygen atoms in total. The summed E-state index contributed by atoms with van der Waals surface area (Å²) in [5.74, 6) is 2.13. The lowest BCUT2D eigenvalue weighted by Gasteiger charge is -2.25. The standard InChI is InChI=1S/C15H20ClN5/c1-21-13-6-5-11(16)7-12(13)20-14(21)9-19-15(17)18-8-10-3-2-4-10/h5-7,10H,2-4,8-9H2,1H3,(H3,17,18,19). The van der Waals surface area contributed by atoms with E-state index < -0.39 is 0 Å². The first kappa shape index (κ1) is 14.2. The second-order valence-corrected chi connectivity index (χ2v) is 6.04. The Hall–Kier alpha value is -1.75. The highest BCUT2D eigenvalue weighted by Gasteiger charge is 2.16. The lowest BCUT2D eigenvalue weighted by molar-refractivity contribution is 0.315. The van der Waals surface area contributed by atoms with Crippen LogP contribution in [0.25, 0.3) is 11.0 Å². The molecular weight excluding hydrogens is 286 g/mol. The number of aryl methyl sites for hydroxylation is 1. The third-order valence-electron chi connectivity index (χ3n) is 4.12. The lowest BCUT2D eigenvalue weighted by atomic mass is 9.85. The van der Waals surface area contributed by atoms with Crippen molar-refractivity contribution in [3.63, 3.8) is 0 Å². The normalized spacial score (nSPS) is 16.2. The average molecular weight is 306 g/mol. The summed E-state index contributed by atoms with van der Waals surface area (Å²) in [5, 5.41) is 3.88. The molecule has 1 heterocycles. The first-order chi connectivity index (χ1) is 10.1. The summed E-state index contributed by atoms with van der Waals surface area (Å²) in [7, 11) is 1.98. The van der Waals surface area contributed by atoms with Gasteiger partial charge in [-0.15, -0.1) is 0 Å². The molecule has 0 bridgehead atoms. The number of hydrogen-bond acceptors (Lipinski definition) is 2. The van der Waals surface area contributed by atoms with Crippen molar-refractivity contribution in [2.75, 3.05) is 6.54 Å². The largest absolute Gasteiger partial charge is 0.370 e. The zero-order chi connectivity index (χ0) is 14.8. The van der Waals surface area contributed by atoms with Crippen molar-refractivity contribution in [3.8, 4) is 0 Å². The molecule has 6 heteroatoms. The van der Waals surface area contributed by atoms with Gasteiger partial charge in [-0.2, -0.15) is 0 Å². The summed E-state index contributed by atoms with van der Waals surface area (Å²) in [6.45, 7) is 1.39. The maximum atomic E-state index is 5.99. The van der Waals surface area contributed by atoms with Crippen molar-refractivity contribution in [1.82, 2.24) is 14.9 Å². The Morgan fingerprint density at radius 1 is 1.52 bits per heavy atom. The molecule has 21 heavy (non-hydrogen) atoms. The quantitative estimate of drug-likeness (QED) is 0.673. The van der Waals surface area contributed by atoms with Crippen molar-refractivity contribution >= 4 is 28.6 Å². The summed E-state index contributed by atoms with van der Waals surface area (Å²) in [6, 6.07) is 5.70. The third-order valence-corrected chi connectivity index (χ3v) is 4.36. The maximum Gasteiger partial charge on any atom is 0.189 e. The first-order valence-electron chi connectivity index (χ1n) is 7.28. The number of nitrogens with zero attached hydrogens (tertiary/aromatic N) is 3. The van der Waals surface area contributed by atoms with E-state index in [1.165, 1.54) is 19.3 Å². The van der Waals surface area contributed by atoms with Gasteiger partial charge in [-0.05, 0) is 37.0 Å². The predicted octanol–water partition coefficient (Wildman–Crippen LogP) is 2.43. The molecule has 0 unspecified atom stereocenters. The third kappa shape index (κ3) is 3.13. The minimum atomic E-state index is 0.465. The molecule has 3 N–H and O–H groups in total. The highest BCUT2D eigenvalue weighted by atomic mass is 35.5. The number of aromatic nitrogens is 2. The SMILES string of the molecule is Cn1c(CN=C(N)NCC2CCC2)nc2cc(Cl)ccc21. The number of nitrogens with one attached hydrogen (secondary N) is 1. The molecule has 0 saturated heterocycles. The van der Waals surface area contributed by atoms with Crippen LogP contribution in [-0.4, -0.2) is 22.1 Å². The highest BCUT2D eigenvalue weighted by Crippen LogP contribution is 2.25. The molecule has 0 amide bonds. The van der Waals surface area contributed by atoms with E-state index in [0.717, 1.165) is 29.3 Å². The zero-order valence-corrected chi connectivity index (χ0v) is 12.9. The molecular formula is C15H20ClN5. The van der Waals surface area contributed by atoms with E-state index in [2.05, 4.69) is 15.3 Å². The van der Waals surface area contributed by atoms with Crippen LogP contribution in [-0.2, 0) is 13.6 Å². The molecule has 1 aromatic carbocycles. The van der Waals surface area contributed by atoms with Gasteiger partial charge >= 0.3 is 0 Å². The van der Waals surface area contributed by atoms with Crippen LogP contribution in [0, 0.1) is 5.92 Å². The van der Waals surface area contributed by atoms with Gasteiger partial charge in [0.2, 0.25) is 0 Å². The second-order valence-electron chi connectivity index (χ2n) is 5.60. The number of benzene rings is 1. The predicted molar refractivity (Wildman–Crippen MR) is 86.4 cm³/mol. The number of hydrogen-bond donors (Lipinski definition) is 2. The van der Waals surface area contributed by atoms with E-state index in [4.69, 9.17) is 17.3 Å². The molecule has 2 aromatic rings. The van der Waals surface area contributed by atoms with E-state index in [0.29, 0.717) is 17.5 Å². The summed E-state index contributed by atoms with van der Waals surface area (Å²) in [4.78, 5) is 8.93. The molecule has 0 aliphatic heterocycles. The number of guanidine groups is 1. The Balaban J connectivity index is 1.67. The summed E-state index contributed by atoms with van der Waals surface area (Å²) < 4.78 is 2.02. The summed E-state index contributed by atoms with van der Waals surface area (Å²) >= 11 is 5.99. The van der Waals surface area contributed by atoms with Gasteiger partial charge in [-0.25, -0.2) is 9.98 Å². The second kappa shape index (κ2) is 5.93. The van der Waals surface area contributed by atoms with Gasteiger partial charge in [0.05, 0.1) is 11.0 Å². The van der Waals surface area contributed by atoms with Crippen LogP contribution in [0.5, 0.6) is 0 Å². The van der Waals surface area contributed by atoms with Gasteiger partial charge in [0, 0.05) is 18.6 Å². The van der Waals surface area contributed by atoms with Gasteiger partial charge in [0.25, 0.3) is 0 Å². The van der Waals surface area contributed by atoms with Crippen LogP contribution in [0.1, 0.15) is 25.1 Å². The Bertz CT molecular complexity index is 672. The van der Waals surface area contributed by atoms with Crippen LogP contribution in [0.15, 0.2) is 23.2 Å². The van der Waals surface area contributed by atoms with Crippen LogP contribution < -0.4 is 11.1 Å². The van der Waals surface area contributed by atoms with Crippen molar-refractivity contribution in [2.45, 2.75) is 25.8 Å². The summed E-state index contributed by atoms with van der Waals surface area (Å²) in [5.41, 5.74) is 7.83. The minimum absolute atomic E-state index is 0.465. The number of aliphatic imine (C=N–C) groups is 1. The van der Waals surface area contributed by atoms with Crippen LogP contribution >= 0.6 is 11.6 Å². The molecule has 1 aliphatic carbocycles. The fraction of sp³-hybridized carbons (Fsp3) is 0.467. The fourth-order valence-corrected chi connectivity index (χ4v) is 2.69. The highest BCUT2D eigenvalue weighted by molar-refractivity contribution is 6.31. The maximum absolute atomic E-state index is 5.99. The van der Waals surface area contributed by atoms with E-state index in [-0.39, 0.29) is 0 Å². The van der Waals surface area contributed by atoms with Crippen LogP contribution in [0.3, 0.4) is 0 Å². The molecule has 112 valence electrons. The zero-order valence-electron chi connectivity index (χ0n) is 12.1. The molecule has 1 aliphatic rings. The fourth-order valence-electron chi connectivity index (χ4n) is 2.52. The van der Waals surface area contributed by atoms with Crippen molar-refractivity contribution in [1.29, 1.82) is 0 Å². The number of nitrogens with two attached hydrogens (primary N) is 1. The summed E-state index contributed by atoms with van der Waals surface area (Å²) in [6.07, 6.45) is 3.93. The minimum Gasteiger partial charge on any atom is -0.370 e. The average Bonchev–Trinajstić information content (AvgIpc) is 2.71. The van der Waals surface area contributed by atoms with Crippen LogP contribution in [0.4, 0.5) is 0 Å². The van der Waals surface area contributed by atoms with Crippen LogP contribution in [0.2, 0.25) is 5.02 Å². The molecule has 1 aromatic heterocycles. The molecule has 1 saturated carbocycles. The van der Waals surface area contributed by atoms with Gasteiger partial charge < -0.3 is 15.6 Å². The molecule has 0 spiro atoms. The van der Waals surface area contributed by atoms with Crippen molar-refractivity contribution < 1.29 is 0 Å².